The van der Waals surface area contributed by atoms with Gasteiger partial charge in [-0.05, 0) is 48.5 Å². The minimum absolute atomic E-state index is 0. The Hall–Kier alpha value is -3.48. The maximum Gasteiger partial charge on any atom is 4.00 e. The Morgan fingerprint density at radius 1 is 0.311 bits per heavy atom. The van der Waals surface area contributed by atoms with Gasteiger partial charge in [-0.15, -0.1) is 0 Å². The molecule has 0 aliphatic rings. The smallest absolute Gasteiger partial charge is 0.716 e. The topological polar surface area (TPSA) is 266 Å². The van der Waals surface area contributed by atoms with Gasteiger partial charge < -0.3 is 34.9 Å². The molecule has 0 heterocycles. The van der Waals surface area contributed by atoms with Crippen molar-refractivity contribution < 1.29 is 68.6 Å². The van der Waals surface area contributed by atoms with Crippen LogP contribution in [0.3, 0.4) is 0 Å². The van der Waals surface area contributed by atoms with Gasteiger partial charge in [0, 0.05) is 0 Å². The number of hydrogen-bond donors (Lipinski definition) is 0. The van der Waals surface area contributed by atoms with Gasteiger partial charge in [0.25, 0.3) is 41.6 Å². The molecule has 240 valence electrons. The normalized spacial score (nSPS) is 10.8. The summed E-state index contributed by atoms with van der Waals surface area (Å²) in [7, 11) is -18.5. The largest absolute Gasteiger partial charge is 4.00 e. The molecule has 16 nitrogen and oxygen atoms in total. The zero-order chi connectivity index (χ0) is 33.3. The second-order valence-corrected chi connectivity index (χ2v) is 11.2. The molecule has 0 bridgehead atoms. The second-order valence-electron chi connectivity index (χ2n) is 7.22. The van der Waals surface area contributed by atoms with Crippen LogP contribution in [0.25, 0.3) is 0 Å². The molecule has 0 spiro atoms. The van der Waals surface area contributed by atoms with E-state index in [2.05, 4.69) is 16.7 Å². The van der Waals surface area contributed by atoms with Gasteiger partial charge >= 0.3 is 23.9 Å². The molecule has 0 aromatic heterocycles. The van der Waals surface area contributed by atoms with Crippen molar-refractivity contribution in [2.75, 3.05) is 0 Å². The van der Waals surface area contributed by atoms with Gasteiger partial charge in [0.15, 0.2) is 0 Å². The third-order valence-corrected chi connectivity index (χ3v) is 5.35. The Balaban J connectivity index is 0.000000569. The molecule has 45 heavy (non-hydrogen) atoms. The second kappa shape index (κ2) is 19.8. The van der Waals surface area contributed by atoms with Crippen LogP contribution in [-0.4, -0.2) is 75.8 Å². The molecule has 0 amide bonds. The van der Waals surface area contributed by atoms with Gasteiger partial charge in [-0.2, -0.15) is 0 Å². The van der Waals surface area contributed by atoms with Gasteiger partial charge in [-0.3, -0.25) is 0 Å². The first-order valence-electron chi connectivity index (χ1n) is 11.1. The minimum atomic E-state index is -4.63. The van der Waals surface area contributed by atoms with E-state index in [1.54, 1.807) is 72.8 Å². The van der Waals surface area contributed by atoms with Crippen LogP contribution in [0.5, 0.6) is 23.0 Å². The van der Waals surface area contributed by atoms with Crippen molar-refractivity contribution >= 4 is 65.5 Å². The fraction of sp³-hybridized carbons (Fsp3) is 0. The number of hydrogen-bond acceptors (Lipinski definition) is 16. The van der Waals surface area contributed by atoms with E-state index in [4.69, 9.17) is 0 Å². The van der Waals surface area contributed by atoms with E-state index in [-0.39, 0.29) is 46.9 Å². The van der Waals surface area contributed by atoms with E-state index < -0.39 is 41.6 Å². The van der Waals surface area contributed by atoms with E-state index in [9.17, 15) is 51.9 Å². The third kappa shape index (κ3) is 25.5. The summed E-state index contributed by atoms with van der Waals surface area (Å²) >= 11 is 0. The SMILES string of the molecule is O=S(=O)([O-])Oc1ccccc1.O=S(=O)([O-])Oc1ccccc1.O=S(=O)([O-])Oc1ccccc1.O=S(=O)([O-])Oc1ccccc1.[Sn+4]. The van der Waals surface area contributed by atoms with Gasteiger partial charge in [0.1, 0.15) is 23.0 Å². The van der Waals surface area contributed by atoms with Gasteiger partial charge in [-0.25, -0.2) is 33.7 Å². The van der Waals surface area contributed by atoms with Crippen molar-refractivity contribution in [3.63, 3.8) is 0 Å². The Labute approximate surface area is 277 Å². The zero-order valence-electron chi connectivity index (χ0n) is 22.2. The molecular formula is C24H20O16S4Sn. The first-order chi connectivity index (χ1) is 20.3. The molecule has 0 unspecified atom stereocenters. The van der Waals surface area contributed by atoms with Crippen molar-refractivity contribution in [2.24, 2.45) is 0 Å². The predicted molar refractivity (Wildman–Crippen MR) is 153 cm³/mol. The minimum Gasteiger partial charge on any atom is -0.716 e. The van der Waals surface area contributed by atoms with Crippen molar-refractivity contribution in [1.82, 2.24) is 0 Å². The molecule has 0 aliphatic carbocycles. The van der Waals surface area contributed by atoms with E-state index in [1.165, 1.54) is 48.5 Å². The number of para-hydroxylation sites is 4. The predicted octanol–water partition coefficient (Wildman–Crippen LogP) is 1.72. The number of benzene rings is 4. The Morgan fingerprint density at radius 2 is 0.444 bits per heavy atom. The van der Waals surface area contributed by atoms with Crippen LogP contribution in [0.2, 0.25) is 0 Å². The van der Waals surface area contributed by atoms with E-state index in [0.717, 1.165) is 0 Å². The van der Waals surface area contributed by atoms with Crippen LogP contribution >= 0.6 is 0 Å². The average molecular weight is 811 g/mol. The van der Waals surface area contributed by atoms with Crippen LogP contribution in [0.1, 0.15) is 0 Å². The molecule has 4 aromatic carbocycles. The van der Waals surface area contributed by atoms with Crippen LogP contribution in [-0.2, 0) is 41.6 Å². The summed E-state index contributed by atoms with van der Waals surface area (Å²) in [5.41, 5.74) is 0. The van der Waals surface area contributed by atoms with Crippen LogP contribution in [0.15, 0.2) is 121 Å². The first kappa shape index (κ1) is 41.5. The van der Waals surface area contributed by atoms with Crippen molar-refractivity contribution in [3.8, 4) is 23.0 Å². The molecule has 0 saturated carbocycles. The zero-order valence-corrected chi connectivity index (χ0v) is 28.3. The summed E-state index contributed by atoms with van der Waals surface area (Å²) in [5.74, 6) is 0.120. The quantitative estimate of drug-likeness (QED) is 0.139. The monoisotopic (exact) mass is 812 g/mol. The summed E-state index contributed by atoms with van der Waals surface area (Å²) in [6.07, 6.45) is 0. The maximum atomic E-state index is 10.0. The van der Waals surface area contributed by atoms with E-state index in [0.29, 0.717) is 0 Å². The molecular weight excluding hydrogens is 791 g/mol. The third-order valence-electron chi connectivity index (χ3n) is 3.77. The molecule has 0 radical (unpaired) electrons. The summed E-state index contributed by atoms with van der Waals surface area (Å²) < 4.78 is 136. The molecule has 21 heteroatoms. The summed E-state index contributed by atoms with van der Waals surface area (Å²) in [4.78, 5) is 0. The Morgan fingerprint density at radius 3 is 0.556 bits per heavy atom. The van der Waals surface area contributed by atoms with Gasteiger partial charge in [-0.1, -0.05) is 72.8 Å². The number of rotatable bonds is 8. The van der Waals surface area contributed by atoms with Crippen molar-refractivity contribution in [2.45, 2.75) is 0 Å². The average Bonchev–Trinajstić information content (AvgIpc) is 2.88. The fourth-order valence-corrected chi connectivity index (χ4v) is 3.76. The Kier molecular flexibility index (Phi) is 18.3. The molecule has 0 saturated heterocycles. The molecule has 0 aliphatic heterocycles. The van der Waals surface area contributed by atoms with Gasteiger partial charge in [0.2, 0.25) is 0 Å². The summed E-state index contributed by atoms with van der Waals surface area (Å²) in [6, 6.07) is 30.4. The fourth-order valence-electron chi connectivity index (χ4n) is 2.38. The molecule has 0 atom stereocenters. The van der Waals surface area contributed by atoms with Gasteiger partial charge in [0.05, 0.1) is 0 Å². The maximum absolute atomic E-state index is 10.0. The summed E-state index contributed by atoms with van der Waals surface area (Å²) in [5, 5.41) is 0. The first-order valence-corrected chi connectivity index (χ1v) is 16.5. The van der Waals surface area contributed by atoms with Crippen molar-refractivity contribution in [1.29, 1.82) is 0 Å². The standard InChI is InChI=1S/4C6H6O4S.Sn/c4*7-11(8,9)10-6-4-2-1-3-5-6;/h4*1-5H,(H,7,8,9);/q;;;;+4/p-4. The van der Waals surface area contributed by atoms with E-state index in [1.807, 2.05) is 0 Å². The summed E-state index contributed by atoms with van der Waals surface area (Å²) in [6.45, 7) is 0. The van der Waals surface area contributed by atoms with Crippen LogP contribution in [0.4, 0.5) is 0 Å². The molecule has 0 fully saturated rings. The van der Waals surface area contributed by atoms with Crippen LogP contribution < -0.4 is 16.7 Å². The van der Waals surface area contributed by atoms with Crippen LogP contribution in [0, 0.1) is 0 Å². The van der Waals surface area contributed by atoms with E-state index >= 15 is 0 Å². The molecule has 0 N–H and O–H groups in total. The Bertz CT molecular complexity index is 1550. The van der Waals surface area contributed by atoms with Crippen molar-refractivity contribution in [3.05, 3.63) is 121 Å². The molecule has 4 aromatic rings. The molecule has 4 rings (SSSR count).